The number of rotatable bonds is 3. The Hall–Kier alpha value is -1.55. The quantitative estimate of drug-likeness (QED) is 0.888. The molecule has 0 saturated carbocycles. The van der Waals surface area contributed by atoms with E-state index in [0.717, 1.165) is 5.56 Å². The van der Waals surface area contributed by atoms with Gasteiger partial charge in [0.1, 0.15) is 0 Å². The van der Waals surface area contributed by atoms with Crippen molar-refractivity contribution in [2.75, 3.05) is 5.32 Å². The van der Waals surface area contributed by atoms with Crippen molar-refractivity contribution in [1.82, 2.24) is 0 Å². The maximum atomic E-state index is 12.1. The predicted octanol–water partition coefficient (Wildman–Crippen LogP) is 4.30. The molecule has 104 valence electrons. The number of hydrogen-bond donors (Lipinski definition) is 2. The first-order valence-electron chi connectivity index (χ1n) is 6.02. The summed E-state index contributed by atoms with van der Waals surface area (Å²) in [7, 11) is 0. The van der Waals surface area contributed by atoms with Crippen molar-refractivity contribution in [3.63, 3.8) is 0 Å². The molecule has 2 N–H and O–H groups in total. The fourth-order valence-electron chi connectivity index (χ4n) is 1.75. The molecule has 1 atom stereocenters. The maximum Gasteiger partial charge on any atom is 0.257 e. The minimum absolute atomic E-state index is 0.293. The fourth-order valence-corrected chi connectivity index (χ4v) is 2.24. The Morgan fingerprint density at radius 2 is 1.95 bits per heavy atom. The first-order chi connectivity index (χ1) is 9.47. The predicted molar refractivity (Wildman–Crippen MR) is 81.5 cm³/mol. The van der Waals surface area contributed by atoms with Gasteiger partial charge in [0.2, 0.25) is 0 Å². The average Bonchev–Trinajstić information content (AvgIpc) is 2.38. The van der Waals surface area contributed by atoms with Gasteiger partial charge in [0.05, 0.1) is 16.7 Å². The summed E-state index contributed by atoms with van der Waals surface area (Å²) in [6.07, 6.45) is -0.592. The molecular weight excluding hydrogens is 297 g/mol. The van der Waals surface area contributed by atoms with E-state index < -0.39 is 6.10 Å². The Balaban J connectivity index is 2.21. The van der Waals surface area contributed by atoms with Crippen LogP contribution in [0.25, 0.3) is 0 Å². The van der Waals surface area contributed by atoms with E-state index in [1.54, 1.807) is 43.3 Å². The summed E-state index contributed by atoms with van der Waals surface area (Å²) in [5.41, 5.74) is 1.67. The van der Waals surface area contributed by atoms with Crippen LogP contribution in [0.2, 0.25) is 10.0 Å². The molecule has 3 nitrogen and oxygen atoms in total. The normalized spacial score (nSPS) is 12.0. The van der Waals surface area contributed by atoms with Crippen LogP contribution in [0, 0.1) is 0 Å². The highest BCUT2D eigenvalue weighted by Crippen LogP contribution is 2.23. The van der Waals surface area contributed by atoms with E-state index in [-0.39, 0.29) is 5.91 Å². The Labute approximate surface area is 127 Å². The van der Waals surface area contributed by atoms with E-state index in [1.165, 1.54) is 6.07 Å². The summed E-state index contributed by atoms with van der Waals surface area (Å²) in [5, 5.41) is 13.0. The van der Waals surface area contributed by atoms with Crippen LogP contribution in [0.4, 0.5) is 5.69 Å². The molecule has 0 aliphatic rings. The van der Waals surface area contributed by atoms with E-state index in [0.29, 0.717) is 21.3 Å². The number of amides is 1. The lowest BCUT2D eigenvalue weighted by atomic mass is 10.1. The van der Waals surface area contributed by atoms with Crippen molar-refractivity contribution >= 4 is 34.8 Å². The molecule has 1 amide bonds. The van der Waals surface area contributed by atoms with Gasteiger partial charge in [0.15, 0.2) is 0 Å². The lowest BCUT2D eigenvalue weighted by Crippen LogP contribution is -2.12. The molecule has 20 heavy (non-hydrogen) atoms. The van der Waals surface area contributed by atoms with Gasteiger partial charge in [-0.15, -0.1) is 0 Å². The van der Waals surface area contributed by atoms with Crippen molar-refractivity contribution in [2.24, 2.45) is 0 Å². The summed E-state index contributed by atoms with van der Waals surface area (Å²) < 4.78 is 0. The zero-order valence-electron chi connectivity index (χ0n) is 10.7. The third-order valence-electron chi connectivity index (χ3n) is 2.80. The minimum Gasteiger partial charge on any atom is -0.389 e. The van der Waals surface area contributed by atoms with E-state index in [4.69, 9.17) is 23.2 Å². The number of carbonyl (C=O) groups excluding carboxylic acids is 1. The largest absolute Gasteiger partial charge is 0.389 e. The monoisotopic (exact) mass is 309 g/mol. The van der Waals surface area contributed by atoms with Gasteiger partial charge in [-0.2, -0.15) is 0 Å². The number of aliphatic hydroxyl groups is 1. The molecule has 0 bridgehead atoms. The number of hydrogen-bond acceptors (Lipinski definition) is 2. The summed E-state index contributed by atoms with van der Waals surface area (Å²) in [4.78, 5) is 12.1. The van der Waals surface area contributed by atoms with E-state index in [1.807, 2.05) is 0 Å². The molecule has 0 saturated heterocycles. The van der Waals surface area contributed by atoms with Crippen LogP contribution in [0.5, 0.6) is 0 Å². The SMILES string of the molecule is C[C@@H](O)c1cccc(NC(=O)c2ccc(Cl)cc2Cl)c1. The van der Waals surface area contributed by atoms with Crippen molar-refractivity contribution < 1.29 is 9.90 Å². The number of halogens is 2. The van der Waals surface area contributed by atoms with Gasteiger partial charge in [-0.05, 0) is 42.8 Å². The zero-order valence-corrected chi connectivity index (χ0v) is 12.2. The van der Waals surface area contributed by atoms with Crippen molar-refractivity contribution in [3.8, 4) is 0 Å². The first kappa shape index (κ1) is 14.9. The smallest absolute Gasteiger partial charge is 0.257 e. The third kappa shape index (κ3) is 3.51. The standard InChI is InChI=1S/C15H13Cl2NO2/c1-9(19)10-3-2-4-12(7-10)18-15(20)13-6-5-11(16)8-14(13)17/h2-9,19H,1H3,(H,18,20)/t9-/m1/s1. The summed E-state index contributed by atoms with van der Waals surface area (Å²) in [6, 6.07) is 11.7. The summed E-state index contributed by atoms with van der Waals surface area (Å²) in [6.45, 7) is 1.66. The van der Waals surface area contributed by atoms with Gasteiger partial charge in [0.25, 0.3) is 5.91 Å². The van der Waals surface area contributed by atoms with Crippen molar-refractivity contribution in [3.05, 3.63) is 63.6 Å². The molecule has 2 aromatic rings. The highest BCUT2D eigenvalue weighted by Gasteiger charge is 2.11. The lowest BCUT2D eigenvalue weighted by Gasteiger charge is -2.10. The topological polar surface area (TPSA) is 49.3 Å². The number of aliphatic hydroxyl groups excluding tert-OH is 1. The van der Waals surface area contributed by atoms with Crippen LogP contribution in [-0.4, -0.2) is 11.0 Å². The third-order valence-corrected chi connectivity index (χ3v) is 3.35. The Bertz CT molecular complexity index is 642. The molecule has 0 radical (unpaired) electrons. The average molecular weight is 310 g/mol. The second kappa shape index (κ2) is 6.27. The second-order valence-corrected chi connectivity index (χ2v) is 5.22. The molecule has 0 fully saturated rings. The lowest BCUT2D eigenvalue weighted by molar-refractivity contribution is 0.102. The molecule has 0 unspecified atom stereocenters. The van der Waals surface area contributed by atoms with Crippen LogP contribution < -0.4 is 5.32 Å². The maximum absolute atomic E-state index is 12.1. The molecule has 2 rings (SSSR count). The van der Waals surface area contributed by atoms with Crippen LogP contribution in [-0.2, 0) is 0 Å². The van der Waals surface area contributed by atoms with Gasteiger partial charge in [0, 0.05) is 10.7 Å². The van der Waals surface area contributed by atoms with Gasteiger partial charge in [-0.3, -0.25) is 4.79 Å². The molecule has 0 aromatic heterocycles. The van der Waals surface area contributed by atoms with Gasteiger partial charge < -0.3 is 10.4 Å². The molecule has 0 aliphatic heterocycles. The molecule has 5 heteroatoms. The zero-order chi connectivity index (χ0) is 14.7. The summed E-state index contributed by atoms with van der Waals surface area (Å²) in [5.74, 6) is -0.325. The Morgan fingerprint density at radius 3 is 2.60 bits per heavy atom. The molecule has 2 aromatic carbocycles. The first-order valence-corrected chi connectivity index (χ1v) is 6.77. The fraction of sp³-hybridized carbons (Fsp3) is 0.133. The van der Waals surface area contributed by atoms with E-state index >= 15 is 0 Å². The van der Waals surface area contributed by atoms with Crippen LogP contribution >= 0.6 is 23.2 Å². The van der Waals surface area contributed by atoms with E-state index in [2.05, 4.69) is 5.32 Å². The Morgan fingerprint density at radius 1 is 1.20 bits per heavy atom. The molecule has 0 aliphatic carbocycles. The van der Waals surface area contributed by atoms with Crippen molar-refractivity contribution in [1.29, 1.82) is 0 Å². The molecule has 0 spiro atoms. The van der Waals surface area contributed by atoms with Gasteiger partial charge in [-0.25, -0.2) is 0 Å². The van der Waals surface area contributed by atoms with E-state index in [9.17, 15) is 9.90 Å². The van der Waals surface area contributed by atoms with Crippen LogP contribution in [0.1, 0.15) is 28.9 Å². The molecular formula is C15H13Cl2NO2. The summed E-state index contributed by atoms with van der Waals surface area (Å²) >= 11 is 11.8. The van der Waals surface area contributed by atoms with Crippen molar-refractivity contribution in [2.45, 2.75) is 13.0 Å². The number of benzene rings is 2. The van der Waals surface area contributed by atoms with Gasteiger partial charge >= 0.3 is 0 Å². The van der Waals surface area contributed by atoms with Crippen LogP contribution in [0.3, 0.4) is 0 Å². The number of nitrogens with one attached hydrogen (secondary N) is 1. The van der Waals surface area contributed by atoms with Crippen LogP contribution in [0.15, 0.2) is 42.5 Å². The number of anilines is 1. The number of carbonyl (C=O) groups is 1. The van der Waals surface area contributed by atoms with Gasteiger partial charge in [-0.1, -0.05) is 35.3 Å². The molecule has 0 heterocycles. The Kier molecular flexibility index (Phi) is 4.65. The minimum atomic E-state index is -0.592. The second-order valence-electron chi connectivity index (χ2n) is 4.38. The highest BCUT2D eigenvalue weighted by atomic mass is 35.5. The highest BCUT2D eigenvalue weighted by molar-refractivity contribution is 6.37.